The molecule has 0 heterocycles. The third-order valence-electron chi connectivity index (χ3n) is 2.94. The van der Waals surface area contributed by atoms with Crippen molar-refractivity contribution in [1.82, 2.24) is 0 Å². The van der Waals surface area contributed by atoms with Gasteiger partial charge in [-0.1, -0.05) is 17.7 Å². The third kappa shape index (κ3) is 4.60. The van der Waals surface area contributed by atoms with E-state index in [0.717, 1.165) is 16.8 Å². The Morgan fingerprint density at radius 2 is 1.76 bits per heavy atom. The van der Waals surface area contributed by atoms with Crippen LogP contribution in [0.15, 0.2) is 36.4 Å². The van der Waals surface area contributed by atoms with Crippen molar-refractivity contribution in [3.63, 3.8) is 0 Å². The number of benzene rings is 2. The molecule has 21 heavy (non-hydrogen) atoms. The zero-order valence-electron chi connectivity index (χ0n) is 11.8. The van der Waals surface area contributed by atoms with Crippen LogP contribution in [0.1, 0.15) is 16.7 Å². The van der Waals surface area contributed by atoms with Crippen molar-refractivity contribution in [1.29, 1.82) is 0 Å². The number of aryl methyl sites for hydroxylation is 2. The molecule has 2 aromatic carbocycles. The molecule has 0 saturated heterocycles. The fourth-order valence-electron chi connectivity index (χ4n) is 2.17. The minimum atomic E-state index is -2.86. The summed E-state index contributed by atoms with van der Waals surface area (Å²) < 4.78 is 29.3. The minimum Gasteiger partial charge on any atom is -0.434 e. The summed E-state index contributed by atoms with van der Waals surface area (Å²) in [5, 5.41) is 3.68. The average molecular weight is 312 g/mol. The normalized spacial score (nSPS) is 10.8. The highest BCUT2D eigenvalue weighted by Crippen LogP contribution is 2.26. The summed E-state index contributed by atoms with van der Waals surface area (Å²) in [4.78, 5) is 0. The van der Waals surface area contributed by atoms with Gasteiger partial charge in [-0.2, -0.15) is 8.78 Å². The second-order valence-electron chi connectivity index (χ2n) is 4.86. The van der Waals surface area contributed by atoms with Crippen LogP contribution in [0.5, 0.6) is 5.75 Å². The van der Waals surface area contributed by atoms with Crippen molar-refractivity contribution in [2.45, 2.75) is 27.0 Å². The molecule has 112 valence electrons. The van der Waals surface area contributed by atoms with E-state index >= 15 is 0 Å². The summed E-state index contributed by atoms with van der Waals surface area (Å²) >= 11 is 5.91. The van der Waals surface area contributed by atoms with Gasteiger partial charge in [-0.3, -0.25) is 0 Å². The van der Waals surface area contributed by atoms with Gasteiger partial charge in [0.2, 0.25) is 0 Å². The van der Waals surface area contributed by atoms with Gasteiger partial charge in [0, 0.05) is 22.8 Å². The fourth-order valence-corrected chi connectivity index (χ4v) is 2.37. The number of ether oxygens (including phenoxy) is 1. The van der Waals surface area contributed by atoms with Crippen LogP contribution in [0, 0.1) is 13.8 Å². The molecule has 0 bridgehead atoms. The average Bonchev–Trinajstić information content (AvgIpc) is 2.37. The maximum Gasteiger partial charge on any atom is 0.387 e. The Bertz CT molecular complexity index is 611. The van der Waals surface area contributed by atoms with Crippen molar-refractivity contribution >= 4 is 17.3 Å². The Labute approximate surface area is 127 Å². The van der Waals surface area contributed by atoms with Gasteiger partial charge in [0.25, 0.3) is 0 Å². The predicted octanol–water partition coefficient (Wildman–Crippen LogP) is 5.17. The van der Waals surface area contributed by atoms with Gasteiger partial charge in [-0.05, 0) is 55.3 Å². The van der Waals surface area contributed by atoms with Crippen molar-refractivity contribution < 1.29 is 13.5 Å². The quantitative estimate of drug-likeness (QED) is 0.822. The highest BCUT2D eigenvalue weighted by molar-refractivity contribution is 6.30. The predicted molar refractivity (Wildman–Crippen MR) is 81.3 cm³/mol. The Kier molecular flexibility index (Phi) is 5.02. The molecule has 0 fully saturated rings. The highest BCUT2D eigenvalue weighted by Gasteiger charge is 2.10. The molecule has 0 aromatic heterocycles. The summed E-state index contributed by atoms with van der Waals surface area (Å²) in [5.74, 6) is 0.131. The molecule has 0 amide bonds. The molecule has 5 heteroatoms. The maximum atomic E-state index is 12.4. The van der Waals surface area contributed by atoms with Crippen LogP contribution in [0.4, 0.5) is 14.5 Å². The summed E-state index contributed by atoms with van der Waals surface area (Å²) in [6.45, 7) is 1.50. The molecule has 0 unspecified atom stereocenters. The topological polar surface area (TPSA) is 21.3 Å². The molecular formula is C16H16ClF2NO. The Morgan fingerprint density at radius 3 is 2.38 bits per heavy atom. The minimum absolute atomic E-state index is 0.131. The first-order chi connectivity index (χ1) is 9.94. The van der Waals surface area contributed by atoms with Crippen LogP contribution in [-0.2, 0) is 6.54 Å². The molecule has 2 aromatic rings. The number of nitrogens with one attached hydrogen (secondary N) is 1. The third-order valence-corrected chi connectivity index (χ3v) is 3.18. The van der Waals surface area contributed by atoms with E-state index in [2.05, 4.69) is 16.1 Å². The van der Waals surface area contributed by atoms with E-state index < -0.39 is 6.61 Å². The van der Waals surface area contributed by atoms with Crippen molar-refractivity contribution in [3.8, 4) is 5.75 Å². The van der Waals surface area contributed by atoms with Crippen LogP contribution >= 0.6 is 11.6 Å². The molecule has 0 aliphatic rings. The van der Waals surface area contributed by atoms with E-state index in [-0.39, 0.29) is 5.75 Å². The second kappa shape index (κ2) is 6.76. The Morgan fingerprint density at radius 1 is 1.10 bits per heavy atom. The molecule has 2 nitrogen and oxygen atoms in total. The summed E-state index contributed by atoms with van der Waals surface area (Å²) in [6.07, 6.45) is 0. The highest BCUT2D eigenvalue weighted by atomic mass is 35.5. The Balaban J connectivity index is 2.16. The molecule has 0 radical (unpaired) electrons. The Hall–Kier alpha value is -1.81. The fraction of sp³-hybridized carbons (Fsp3) is 0.250. The zero-order valence-corrected chi connectivity index (χ0v) is 12.5. The number of anilines is 1. The maximum absolute atomic E-state index is 12.4. The van der Waals surface area contributed by atoms with Gasteiger partial charge in [0.1, 0.15) is 5.75 Å². The van der Waals surface area contributed by atoms with E-state index in [1.807, 2.05) is 26.0 Å². The summed E-state index contributed by atoms with van der Waals surface area (Å²) in [7, 11) is 0. The molecule has 2 rings (SSSR count). The molecular weight excluding hydrogens is 296 g/mol. The van der Waals surface area contributed by atoms with Gasteiger partial charge in [0.15, 0.2) is 0 Å². The monoisotopic (exact) mass is 311 g/mol. The second-order valence-corrected chi connectivity index (χ2v) is 5.30. The molecule has 1 N–H and O–H groups in total. The van der Waals surface area contributed by atoms with Crippen LogP contribution in [-0.4, -0.2) is 6.61 Å². The first-order valence-corrected chi connectivity index (χ1v) is 6.87. The van der Waals surface area contributed by atoms with Gasteiger partial charge in [-0.15, -0.1) is 0 Å². The first-order valence-electron chi connectivity index (χ1n) is 6.49. The lowest BCUT2D eigenvalue weighted by Gasteiger charge is -2.13. The van der Waals surface area contributed by atoms with Crippen molar-refractivity contribution in [2.24, 2.45) is 0 Å². The number of halogens is 3. The van der Waals surface area contributed by atoms with Crippen LogP contribution < -0.4 is 10.1 Å². The molecule has 0 aliphatic heterocycles. The summed E-state index contributed by atoms with van der Waals surface area (Å²) in [5.41, 5.74) is 3.78. The zero-order chi connectivity index (χ0) is 15.4. The van der Waals surface area contributed by atoms with E-state index in [4.69, 9.17) is 11.6 Å². The lowest BCUT2D eigenvalue weighted by Crippen LogP contribution is -2.07. The SMILES string of the molecule is Cc1cc(C)cc(NCc2cc(Cl)ccc2OC(F)F)c1. The van der Waals surface area contributed by atoms with Crippen LogP contribution in [0.3, 0.4) is 0 Å². The van der Waals surface area contributed by atoms with Crippen molar-refractivity contribution in [3.05, 3.63) is 58.1 Å². The lowest BCUT2D eigenvalue weighted by molar-refractivity contribution is -0.0504. The standard InChI is InChI=1S/C16H16ClF2NO/c1-10-5-11(2)7-14(6-10)20-9-12-8-13(17)3-4-15(12)21-16(18)19/h3-8,16,20H,9H2,1-2H3. The summed E-state index contributed by atoms with van der Waals surface area (Å²) in [6, 6.07) is 10.6. The largest absolute Gasteiger partial charge is 0.434 e. The van der Waals surface area contributed by atoms with Crippen molar-refractivity contribution in [2.75, 3.05) is 5.32 Å². The van der Waals surface area contributed by atoms with Crippen LogP contribution in [0.2, 0.25) is 5.02 Å². The number of rotatable bonds is 5. The molecule has 0 spiro atoms. The van der Waals surface area contributed by atoms with Gasteiger partial charge in [-0.25, -0.2) is 0 Å². The van der Waals surface area contributed by atoms with Gasteiger partial charge < -0.3 is 10.1 Å². The lowest BCUT2D eigenvalue weighted by atomic mass is 10.1. The number of hydrogen-bond acceptors (Lipinski definition) is 2. The first kappa shape index (κ1) is 15.6. The van der Waals surface area contributed by atoms with E-state index in [9.17, 15) is 8.78 Å². The number of alkyl halides is 2. The van der Waals surface area contributed by atoms with Gasteiger partial charge >= 0.3 is 6.61 Å². The molecule has 0 aliphatic carbocycles. The van der Waals surface area contributed by atoms with Crippen LogP contribution in [0.25, 0.3) is 0 Å². The van der Waals surface area contributed by atoms with E-state index in [1.165, 1.54) is 12.1 Å². The van der Waals surface area contributed by atoms with E-state index in [1.54, 1.807) is 6.07 Å². The molecule has 0 atom stereocenters. The smallest absolute Gasteiger partial charge is 0.387 e. The van der Waals surface area contributed by atoms with Gasteiger partial charge in [0.05, 0.1) is 0 Å². The van der Waals surface area contributed by atoms with E-state index in [0.29, 0.717) is 17.1 Å². The number of hydrogen-bond donors (Lipinski definition) is 1. The molecule has 0 saturated carbocycles.